The number of aliphatic hydroxyl groups is 2. The Balaban J connectivity index is -0.000000378. The largest absolute Gasteiger partial charge is 2.00 e. The number of hydrogen-bond donors (Lipinski definition) is 2. The maximum Gasteiger partial charge on any atom is 2.00 e. The van der Waals surface area contributed by atoms with Crippen molar-refractivity contribution < 1.29 is 36.7 Å². The fourth-order valence-electron chi connectivity index (χ4n) is 5.88. The molecule has 0 bridgehead atoms. The molecule has 0 atom stereocenters. The molecule has 1 fully saturated rings. The number of rotatable bonds is 29. The smallest absolute Gasteiger partial charge is 1.00 e. The third-order valence-corrected chi connectivity index (χ3v) is 8.93. The van der Waals surface area contributed by atoms with Crippen LogP contribution in [0.3, 0.4) is 0 Å². The standard InChI is InChI=1S/C25H52O2.C10H21.C5H8O2.BrH.Mg/c1-3-5-7-9-11-13-15-17-21-25(27,23-19-20-24-26)22-18-16-14-12-10-8-6-4-2;1-3-5-7-9-10-8-6-4-2;6-5-3-1-2-4-7-5;;/h26-27H,3-24H2,1-2H3;1,3-10H2,2H3;1-4H2;1H;/q;-1;;;+2/p-1. The first-order valence-corrected chi connectivity index (χ1v) is 19.8. The van der Waals surface area contributed by atoms with E-state index in [1.165, 1.54) is 148 Å². The number of cyclic esters (lactones) is 1. The third-order valence-electron chi connectivity index (χ3n) is 8.93. The number of aliphatic hydroxyl groups excluding tert-OH is 1. The Morgan fingerprint density at radius 3 is 1.22 bits per heavy atom. The first kappa shape index (κ1) is 53.4. The van der Waals surface area contributed by atoms with Crippen LogP contribution in [0.4, 0.5) is 0 Å². The van der Waals surface area contributed by atoms with Crippen molar-refractivity contribution >= 4 is 29.0 Å². The van der Waals surface area contributed by atoms with E-state index in [0.29, 0.717) is 13.0 Å². The molecule has 1 aliphatic rings. The van der Waals surface area contributed by atoms with Gasteiger partial charge in [-0.3, -0.25) is 4.79 Å². The molecule has 0 saturated carbocycles. The summed E-state index contributed by atoms with van der Waals surface area (Å²) in [6.45, 7) is 11.5. The second-order valence-electron chi connectivity index (χ2n) is 13.5. The zero-order valence-corrected chi connectivity index (χ0v) is 34.5. The van der Waals surface area contributed by atoms with Crippen LogP contribution in [0.5, 0.6) is 0 Å². The molecule has 0 aromatic heterocycles. The van der Waals surface area contributed by atoms with Crippen LogP contribution >= 0.6 is 0 Å². The molecule has 0 spiro atoms. The maximum absolute atomic E-state index is 11.1. The first-order valence-electron chi connectivity index (χ1n) is 19.8. The maximum atomic E-state index is 11.1. The Kier molecular flexibility index (Phi) is 53.0. The summed E-state index contributed by atoms with van der Waals surface area (Å²) in [4.78, 5) is 10.2. The summed E-state index contributed by atoms with van der Waals surface area (Å²) < 4.78 is 4.64. The first-order chi connectivity index (χ1) is 21.5. The van der Waals surface area contributed by atoms with Crippen LogP contribution in [0.15, 0.2) is 0 Å². The van der Waals surface area contributed by atoms with Crippen LogP contribution in [-0.2, 0) is 9.53 Å². The molecule has 0 radical (unpaired) electrons. The summed E-state index contributed by atoms with van der Waals surface area (Å²) in [5.74, 6) is -0.0359. The van der Waals surface area contributed by atoms with Gasteiger partial charge in [-0.15, -0.1) is 0 Å². The molecule has 0 amide bonds. The minimum absolute atomic E-state index is 0. The Labute approximate surface area is 316 Å². The normalized spacial score (nSPS) is 12.5. The zero-order chi connectivity index (χ0) is 32.8. The van der Waals surface area contributed by atoms with Crippen molar-refractivity contribution in [2.75, 3.05) is 13.2 Å². The van der Waals surface area contributed by atoms with Crippen molar-refractivity contribution in [3.05, 3.63) is 6.92 Å². The topological polar surface area (TPSA) is 66.8 Å². The van der Waals surface area contributed by atoms with Crippen LogP contribution in [0.25, 0.3) is 0 Å². The Bertz CT molecular complexity index is 513. The number of carbonyl (C=O) groups excluding carboxylic acids is 1. The van der Waals surface area contributed by atoms with E-state index in [-0.39, 0.29) is 52.6 Å². The van der Waals surface area contributed by atoms with Crippen molar-refractivity contribution in [1.82, 2.24) is 0 Å². The zero-order valence-electron chi connectivity index (χ0n) is 31.5. The van der Waals surface area contributed by atoms with Gasteiger partial charge in [0, 0.05) is 13.0 Å². The Morgan fingerprint density at radius 1 is 0.587 bits per heavy atom. The SMILES string of the molecule is CCCCCCCCCCC(O)(CCCCO)CCCCCCCCCC.O=C1CCCCO1.[Br-].[CH2-]CCCCCCCCC.[Mg+2]. The summed E-state index contributed by atoms with van der Waals surface area (Å²) in [7, 11) is 0. The molecule has 1 heterocycles. The van der Waals surface area contributed by atoms with Crippen LogP contribution in [0.2, 0.25) is 0 Å². The van der Waals surface area contributed by atoms with Gasteiger partial charge in [0.1, 0.15) is 0 Å². The van der Waals surface area contributed by atoms with Crippen LogP contribution in [0.1, 0.15) is 226 Å². The van der Waals surface area contributed by atoms with Gasteiger partial charge in [-0.05, 0) is 44.9 Å². The molecule has 2 N–H and O–H groups in total. The summed E-state index contributed by atoms with van der Waals surface area (Å²) >= 11 is 0. The van der Waals surface area contributed by atoms with E-state index in [2.05, 4.69) is 32.4 Å². The molecular weight excluding hydrogens is 649 g/mol. The molecule has 6 heteroatoms. The molecule has 4 nitrogen and oxygen atoms in total. The van der Waals surface area contributed by atoms with E-state index in [9.17, 15) is 9.90 Å². The van der Waals surface area contributed by atoms with Crippen molar-refractivity contribution in [3.63, 3.8) is 0 Å². The average Bonchev–Trinajstić information content (AvgIpc) is 3.03. The van der Waals surface area contributed by atoms with Gasteiger partial charge >= 0.3 is 29.0 Å². The van der Waals surface area contributed by atoms with Gasteiger partial charge in [0.15, 0.2) is 0 Å². The number of carbonyl (C=O) groups is 1. The van der Waals surface area contributed by atoms with Gasteiger partial charge in [0.05, 0.1) is 12.2 Å². The predicted octanol–water partition coefficient (Wildman–Crippen LogP) is 9.24. The molecular formula is C40H81BrMgO4. The predicted molar refractivity (Wildman–Crippen MR) is 199 cm³/mol. The summed E-state index contributed by atoms with van der Waals surface area (Å²) in [6, 6.07) is 0. The molecule has 1 rings (SSSR count). The van der Waals surface area contributed by atoms with E-state index in [1.54, 1.807) is 0 Å². The van der Waals surface area contributed by atoms with Crippen molar-refractivity contribution in [2.45, 2.75) is 232 Å². The summed E-state index contributed by atoms with van der Waals surface area (Å²) in [6.07, 6.45) is 39.4. The van der Waals surface area contributed by atoms with Crippen molar-refractivity contribution in [3.8, 4) is 0 Å². The van der Waals surface area contributed by atoms with Crippen molar-refractivity contribution in [1.29, 1.82) is 0 Å². The van der Waals surface area contributed by atoms with Crippen LogP contribution in [-0.4, -0.2) is 58.0 Å². The minimum atomic E-state index is -0.473. The number of unbranched alkanes of at least 4 members (excludes halogenated alkanes) is 22. The quantitative estimate of drug-likeness (QED) is 0.0349. The monoisotopic (exact) mass is 729 g/mol. The third kappa shape index (κ3) is 44.6. The molecule has 46 heavy (non-hydrogen) atoms. The van der Waals surface area contributed by atoms with E-state index in [1.807, 2.05) is 0 Å². The summed E-state index contributed by atoms with van der Waals surface area (Å²) in [5.41, 5.74) is -0.473. The fourth-order valence-corrected chi connectivity index (χ4v) is 5.88. The number of ether oxygens (including phenoxy) is 1. The van der Waals surface area contributed by atoms with Gasteiger partial charge in [-0.1, -0.05) is 168 Å². The molecule has 0 unspecified atom stereocenters. The molecule has 274 valence electrons. The Hall–Kier alpha value is 0.636. The number of halogens is 1. The van der Waals surface area contributed by atoms with Gasteiger partial charge in [-0.2, -0.15) is 6.42 Å². The fraction of sp³-hybridized carbons (Fsp3) is 0.950. The van der Waals surface area contributed by atoms with Gasteiger partial charge in [-0.25, -0.2) is 0 Å². The minimum Gasteiger partial charge on any atom is -1.00 e. The van der Waals surface area contributed by atoms with Gasteiger partial charge in [0.25, 0.3) is 0 Å². The summed E-state index contributed by atoms with van der Waals surface area (Å²) in [5, 5.41) is 20.2. The van der Waals surface area contributed by atoms with Gasteiger partial charge in [0.2, 0.25) is 0 Å². The van der Waals surface area contributed by atoms with E-state index < -0.39 is 5.60 Å². The number of hydrogen-bond acceptors (Lipinski definition) is 4. The Morgan fingerprint density at radius 2 is 0.935 bits per heavy atom. The molecule has 0 aromatic rings. The molecule has 1 saturated heterocycles. The van der Waals surface area contributed by atoms with Crippen LogP contribution in [0, 0.1) is 6.92 Å². The number of esters is 1. The van der Waals surface area contributed by atoms with Crippen molar-refractivity contribution in [2.24, 2.45) is 0 Å². The molecule has 0 aromatic carbocycles. The van der Waals surface area contributed by atoms with E-state index in [0.717, 1.165) is 51.4 Å². The molecule has 0 aliphatic carbocycles. The molecule has 1 aliphatic heterocycles. The van der Waals surface area contributed by atoms with E-state index in [4.69, 9.17) is 5.11 Å². The average molecular weight is 730 g/mol. The van der Waals surface area contributed by atoms with E-state index >= 15 is 0 Å². The van der Waals surface area contributed by atoms with Gasteiger partial charge < -0.3 is 38.9 Å². The second kappa shape index (κ2) is 45.6. The second-order valence-corrected chi connectivity index (χ2v) is 13.5. The van der Waals surface area contributed by atoms with Crippen LogP contribution < -0.4 is 17.0 Å².